The molecule has 3 rings (SSSR count). The van der Waals surface area contributed by atoms with Gasteiger partial charge < -0.3 is 23.9 Å². The van der Waals surface area contributed by atoms with Gasteiger partial charge >= 0.3 is 5.97 Å². The van der Waals surface area contributed by atoms with Crippen LogP contribution in [0.15, 0.2) is 54.7 Å². The van der Waals surface area contributed by atoms with Gasteiger partial charge in [0.1, 0.15) is 23.4 Å². The number of hydrogen-bond acceptors (Lipinski definition) is 6. The Labute approximate surface area is 207 Å². The molecule has 0 saturated heterocycles. The van der Waals surface area contributed by atoms with Crippen molar-refractivity contribution in [2.24, 2.45) is 0 Å². The number of rotatable bonds is 12. The lowest BCUT2D eigenvalue weighted by Crippen LogP contribution is -2.39. The summed E-state index contributed by atoms with van der Waals surface area (Å²) in [6, 6.07) is 15.5. The van der Waals surface area contributed by atoms with E-state index in [1.807, 2.05) is 17.7 Å². The average molecular weight is 481 g/mol. The summed E-state index contributed by atoms with van der Waals surface area (Å²) in [6.45, 7) is 10.5. The third-order valence-electron chi connectivity index (χ3n) is 5.61. The maximum Gasteiger partial charge on any atom is 0.349 e. The third-order valence-corrected chi connectivity index (χ3v) is 5.61. The largest absolute Gasteiger partial charge is 0.493 e. The Morgan fingerprint density at radius 2 is 1.71 bits per heavy atom. The molecule has 1 aromatic heterocycles. The first-order chi connectivity index (χ1) is 16.7. The number of ether oxygens (including phenoxy) is 3. The van der Waals surface area contributed by atoms with Crippen molar-refractivity contribution in [3.8, 4) is 11.5 Å². The molecule has 0 aliphatic heterocycles. The predicted molar refractivity (Wildman–Crippen MR) is 135 cm³/mol. The van der Waals surface area contributed by atoms with E-state index in [1.165, 1.54) is 5.56 Å². The summed E-state index contributed by atoms with van der Waals surface area (Å²) in [5.74, 6) is 1.52. The fourth-order valence-corrected chi connectivity index (χ4v) is 3.59. The second-order valence-electron chi connectivity index (χ2n) is 9.03. The number of imidazole rings is 1. The first-order valence-corrected chi connectivity index (χ1v) is 12.1. The molecule has 188 valence electrons. The van der Waals surface area contributed by atoms with Gasteiger partial charge in [0.2, 0.25) is 0 Å². The number of carbonyl (C=O) groups is 1. The summed E-state index contributed by atoms with van der Waals surface area (Å²) in [6.07, 6.45) is 2.59. The van der Waals surface area contributed by atoms with E-state index in [4.69, 9.17) is 14.2 Å². The lowest BCUT2D eigenvalue weighted by atomic mass is 10.1. The smallest absolute Gasteiger partial charge is 0.349 e. The Balaban J connectivity index is 1.59. The lowest BCUT2D eigenvalue weighted by molar-refractivity contribution is -0.158. The summed E-state index contributed by atoms with van der Waals surface area (Å²) >= 11 is 0. The molecule has 2 aromatic carbocycles. The zero-order valence-electron chi connectivity index (χ0n) is 21.3. The number of hydrogen-bond donors (Lipinski definition) is 1. The maximum absolute atomic E-state index is 12.0. The van der Waals surface area contributed by atoms with Gasteiger partial charge in [0.15, 0.2) is 5.60 Å². The number of aromatic nitrogens is 2. The Morgan fingerprint density at radius 3 is 2.34 bits per heavy atom. The standard InChI is InChI=1S/C28H36N2O5/c1-6-25(31)26-29-22(19-30(26)18-21-10-8-20(3)9-11-21)16-17-34-23-12-14-24(15-13-23)35-28(4,5)27(32)33-7-2/h8-15,19,25,31H,6-7,16-18H2,1-5H3. The van der Waals surface area contributed by atoms with Crippen LogP contribution in [0.25, 0.3) is 0 Å². The van der Waals surface area contributed by atoms with Gasteiger partial charge in [-0.15, -0.1) is 0 Å². The predicted octanol–water partition coefficient (Wildman–Crippen LogP) is 5.03. The quantitative estimate of drug-likeness (QED) is 0.366. The number of benzene rings is 2. The van der Waals surface area contributed by atoms with E-state index < -0.39 is 17.7 Å². The van der Waals surface area contributed by atoms with Crippen LogP contribution < -0.4 is 9.47 Å². The van der Waals surface area contributed by atoms with Gasteiger partial charge in [0.05, 0.1) is 18.9 Å². The molecule has 7 heteroatoms. The molecule has 0 radical (unpaired) electrons. The summed E-state index contributed by atoms with van der Waals surface area (Å²) in [7, 11) is 0. The summed E-state index contributed by atoms with van der Waals surface area (Å²) in [5.41, 5.74) is 2.18. The van der Waals surface area contributed by atoms with E-state index in [0.29, 0.717) is 49.9 Å². The van der Waals surface area contributed by atoms with Crippen molar-refractivity contribution in [3.63, 3.8) is 0 Å². The average Bonchev–Trinajstić information content (AvgIpc) is 3.23. The molecular formula is C28H36N2O5. The minimum absolute atomic E-state index is 0.307. The topological polar surface area (TPSA) is 82.8 Å². The lowest BCUT2D eigenvalue weighted by Gasteiger charge is -2.24. The van der Waals surface area contributed by atoms with Crippen LogP contribution >= 0.6 is 0 Å². The highest BCUT2D eigenvalue weighted by molar-refractivity contribution is 5.79. The van der Waals surface area contributed by atoms with Gasteiger partial charge in [-0.25, -0.2) is 9.78 Å². The Hall–Kier alpha value is -3.32. The number of nitrogens with zero attached hydrogens (tertiary/aromatic N) is 2. The SMILES string of the molecule is CCOC(=O)C(C)(C)Oc1ccc(OCCc2cn(Cc3ccc(C)cc3)c(C(O)CC)n2)cc1. The van der Waals surface area contributed by atoms with Crippen LogP contribution in [0, 0.1) is 6.92 Å². The molecule has 0 aliphatic rings. The van der Waals surface area contributed by atoms with Gasteiger partial charge in [-0.2, -0.15) is 0 Å². The Kier molecular flexibility index (Phi) is 8.93. The molecule has 0 amide bonds. The van der Waals surface area contributed by atoms with Gasteiger partial charge in [-0.05, 0) is 63.9 Å². The molecule has 1 heterocycles. The second-order valence-corrected chi connectivity index (χ2v) is 9.03. The number of aryl methyl sites for hydroxylation is 1. The van der Waals surface area contributed by atoms with Crippen LogP contribution in [0.1, 0.15) is 62.9 Å². The molecule has 35 heavy (non-hydrogen) atoms. The van der Waals surface area contributed by atoms with Crippen LogP contribution in [-0.4, -0.2) is 39.4 Å². The van der Waals surface area contributed by atoms with Crippen LogP contribution in [-0.2, 0) is 22.5 Å². The Morgan fingerprint density at radius 1 is 1.06 bits per heavy atom. The molecule has 3 aromatic rings. The van der Waals surface area contributed by atoms with Crippen LogP contribution in [0.2, 0.25) is 0 Å². The minimum Gasteiger partial charge on any atom is -0.493 e. The molecule has 0 spiro atoms. The highest BCUT2D eigenvalue weighted by Gasteiger charge is 2.31. The third kappa shape index (κ3) is 7.33. The Bertz CT molecular complexity index is 1090. The number of esters is 1. The molecule has 1 atom stereocenters. The number of carbonyl (C=O) groups excluding carboxylic acids is 1. The highest BCUT2D eigenvalue weighted by Crippen LogP contribution is 2.23. The van der Waals surface area contributed by atoms with E-state index in [-0.39, 0.29) is 0 Å². The van der Waals surface area contributed by atoms with Crippen molar-refractivity contribution in [3.05, 3.63) is 77.4 Å². The second kappa shape index (κ2) is 11.9. The van der Waals surface area contributed by atoms with Crippen LogP contribution in [0.3, 0.4) is 0 Å². The summed E-state index contributed by atoms with van der Waals surface area (Å²) < 4.78 is 18.7. The van der Waals surface area contributed by atoms with E-state index >= 15 is 0 Å². The highest BCUT2D eigenvalue weighted by atomic mass is 16.6. The maximum atomic E-state index is 12.0. The molecule has 7 nitrogen and oxygen atoms in total. The molecule has 0 saturated carbocycles. The van der Waals surface area contributed by atoms with Crippen LogP contribution in [0.5, 0.6) is 11.5 Å². The zero-order valence-corrected chi connectivity index (χ0v) is 21.3. The summed E-state index contributed by atoms with van der Waals surface area (Å²) in [4.78, 5) is 16.7. The fourth-order valence-electron chi connectivity index (χ4n) is 3.59. The summed E-state index contributed by atoms with van der Waals surface area (Å²) in [5, 5.41) is 10.5. The normalized spacial score (nSPS) is 12.3. The van der Waals surface area contributed by atoms with Gasteiger partial charge in [-0.1, -0.05) is 36.8 Å². The monoisotopic (exact) mass is 480 g/mol. The van der Waals surface area contributed by atoms with E-state index in [2.05, 4.69) is 36.2 Å². The minimum atomic E-state index is -1.07. The molecule has 0 fully saturated rings. The van der Waals surface area contributed by atoms with Gasteiger partial charge in [0.25, 0.3) is 0 Å². The molecule has 0 aliphatic carbocycles. The van der Waals surface area contributed by atoms with Crippen molar-refractivity contribution >= 4 is 5.97 Å². The van der Waals surface area contributed by atoms with Crippen molar-refractivity contribution in [1.29, 1.82) is 0 Å². The van der Waals surface area contributed by atoms with Gasteiger partial charge in [0, 0.05) is 19.2 Å². The zero-order chi connectivity index (χ0) is 25.4. The van der Waals surface area contributed by atoms with Crippen molar-refractivity contribution in [2.45, 2.75) is 65.7 Å². The number of aliphatic hydroxyl groups excluding tert-OH is 1. The molecule has 0 bridgehead atoms. The first kappa shape index (κ1) is 26.3. The molecule has 1 N–H and O–H groups in total. The van der Waals surface area contributed by atoms with Crippen molar-refractivity contribution < 1.29 is 24.1 Å². The van der Waals surface area contributed by atoms with Crippen molar-refractivity contribution in [1.82, 2.24) is 9.55 Å². The van der Waals surface area contributed by atoms with Gasteiger partial charge in [-0.3, -0.25) is 0 Å². The fraction of sp³-hybridized carbons (Fsp3) is 0.429. The van der Waals surface area contributed by atoms with Crippen molar-refractivity contribution in [2.75, 3.05) is 13.2 Å². The van der Waals surface area contributed by atoms with E-state index in [0.717, 1.165) is 11.3 Å². The van der Waals surface area contributed by atoms with E-state index in [1.54, 1.807) is 45.0 Å². The van der Waals surface area contributed by atoms with E-state index in [9.17, 15) is 9.90 Å². The van der Waals surface area contributed by atoms with Crippen LogP contribution in [0.4, 0.5) is 0 Å². The number of aliphatic hydroxyl groups is 1. The molecular weight excluding hydrogens is 444 g/mol. The first-order valence-electron chi connectivity index (χ1n) is 12.1. The molecule has 1 unspecified atom stereocenters.